The van der Waals surface area contributed by atoms with Crippen LogP contribution in [-0.4, -0.2) is 35.2 Å². The second-order valence-electron chi connectivity index (χ2n) is 3.02. The van der Waals surface area contributed by atoms with Crippen LogP contribution in [-0.2, 0) is 6.54 Å². The van der Waals surface area contributed by atoms with Crippen LogP contribution in [0.1, 0.15) is 0 Å². The van der Waals surface area contributed by atoms with Crippen molar-refractivity contribution < 1.29 is 0 Å². The average molecular weight is 165 g/mol. The summed E-state index contributed by atoms with van der Waals surface area (Å²) in [6.07, 6.45) is 5.62. The fourth-order valence-electron chi connectivity index (χ4n) is 1.42. The highest BCUT2D eigenvalue weighted by Crippen LogP contribution is 1.95. The Balaban J connectivity index is 1.86. The van der Waals surface area contributed by atoms with Gasteiger partial charge in [0.05, 0.1) is 12.4 Å². The van der Waals surface area contributed by atoms with Crippen LogP contribution in [0.4, 0.5) is 0 Å². The smallest absolute Gasteiger partial charge is 0.0946 e. The van der Waals surface area contributed by atoms with Gasteiger partial charge in [0, 0.05) is 38.6 Å². The van der Waals surface area contributed by atoms with Crippen LogP contribution in [0.3, 0.4) is 0 Å². The first-order valence-electron chi connectivity index (χ1n) is 4.28. The van der Waals surface area contributed by atoms with E-state index in [1.807, 2.05) is 12.5 Å². The topological polar surface area (TPSA) is 44.0 Å². The fourth-order valence-corrected chi connectivity index (χ4v) is 1.42. The molecule has 2 heterocycles. The van der Waals surface area contributed by atoms with Crippen molar-refractivity contribution in [3.05, 3.63) is 18.7 Å². The molecule has 1 atom stereocenters. The van der Waals surface area contributed by atoms with Crippen molar-refractivity contribution >= 4 is 0 Å². The van der Waals surface area contributed by atoms with Crippen molar-refractivity contribution in [3.63, 3.8) is 0 Å². The minimum Gasteiger partial charge on any atom is -0.336 e. The third kappa shape index (κ3) is 1.84. The zero-order chi connectivity index (χ0) is 8.23. The number of imidazole rings is 1. The lowest BCUT2D eigenvalue weighted by atomic mass is 10.2. The molecule has 12 heavy (non-hydrogen) atoms. The molecule has 0 amide bonds. The van der Waals surface area contributed by atoms with E-state index in [2.05, 4.69) is 20.2 Å². The molecule has 4 heteroatoms. The van der Waals surface area contributed by atoms with Crippen LogP contribution in [0.15, 0.2) is 18.7 Å². The number of aromatic nitrogens is 2. The molecule has 1 saturated heterocycles. The molecule has 0 aromatic carbocycles. The summed E-state index contributed by atoms with van der Waals surface area (Å²) in [5, 5.41) is 7.81. The first kappa shape index (κ1) is 7.76. The maximum atomic E-state index is 4.49. The highest BCUT2D eigenvalue weighted by molar-refractivity contribution is 4.80. The molecule has 4 nitrogen and oxygen atoms in total. The molecule has 1 fully saturated rings. The van der Waals surface area contributed by atoms with Gasteiger partial charge in [0.15, 0.2) is 0 Å². The third-order valence-corrected chi connectivity index (χ3v) is 2.04. The van der Waals surface area contributed by atoms with Gasteiger partial charge in [-0.05, 0) is 0 Å². The Morgan fingerprint density at radius 2 is 2.58 bits per heavy atom. The largest absolute Gasteiger partial charge is 0.336 e. The predicted octanol–water partition coefficient (Wildman–Crippen LogP) is -0.541. The Morgan fingerprint density at radius 3 is 3.25 bits per heavy atom. The van der Waals surface area contributed by atoms with E-state index < -0.39 is 0 Å². The zero-order valence-corrected chi connectivity index (χ0v) is 6.98. The van der Waals surface area contributed by atoms with Gasteiger partial charge < -0.3 is 9.88 Å². The molecule has 65 valence electrons. The summed E-state index contributed by atoms with van der Waals surface area (Å²) < 4.78 is 2.07. The third-order valence-electron chi connectivity index (χ3n) is 2.04. The van der Waals surface area contributed by atoms with Gasteiger partial charge in [0.2, 0.25) is 0 Å². The first-order chi connectivity index (χ1) is 5.95. The van der Waals surface area contributed by atoms with Crippen molar-refractivity contribution in [2.24, 2.45) is 0 Å². The van der Waals surface area contributed by atoms with Crippen molar-refractivity contribution in [3.8, 4) is 0 Å². The Bertz CT molecular complexity index is 213. The number of nitrogens with one attached hydrogen (secondary N) is 1. The normalized spacial score (nSPS) is 24.2. The van der Waals surface area contributed by atoms with Gasteiger partial charge in [-0.25, -0.2) is 10.3 Å². The number of hydrogen-bond acceptors (Lipinski definition) is 2. The summed E-state index contributed by atoms with van der Waals surface area (Å²) in [5.74, 6) is 0. The van der Waals surface area contributed by atoms with Crippen molar-refractivity contribution in [2.75, 3.05) is 19.6 Å². The van der Waals surface area contributed by atoms with Crippen LogP contribution >= 0.6 is 0 Å². The molecule has 2 rings (SSSR count). The minimum absolute atomic E-state index is 0.424. The van der Waals surface area contributed by atoms with Gasteiger partial charge in [-0.3, -0.25) is 0 Å². The van der Waals surface area contributed by atoms with E-state index in [0.717, 1.165) is 26.2 Å². The van der Waals surface area contributed by atoms with E-state index in [9.17, 15) is 0 Å². The minimum atomic E-state index is 0.424. The first-order valence-corrected chi connectivity index (χ1v) is 4.28. The van der Waals surface area contributed by atoms with E-state index >= 15 is 0 Å². The van der Waals surface area contributed by atoms with Crippen LogP contribution < -0.4 is 10.6 Å². The number of nitrogens with zero attached hydrogens (tertiary/aromatic N) is 3. The van der Waals surface area contributed by atoms with Gasteiger partial charge in [0.1, 0.15) is 0 Å². The lowest BCUT2D eigenvalue weighted by Gasteiger charge is -2.22. The monoisotopic (exact) mass is 165 g/mol. The maximum Gasteiger partial charge on any atom is 0.0946 e. The van der Waals surface area contributed by atoms with Crippen LogP contribution in [0.2, 0.25) is 0 Å². The summed E-state index contributed by atoms with van der Waals surface area (Å²) in [5.41, 5.74) is 0. The van der Waals surface area contributed by atoms with Gasteiger partial charge in [-0.2, -0.15) is 0 Å². The Hall–Kier alpha value is -0.870. The van der Waals surface area contributed by atoms with E-state index in [1.54, 1.807) is 6.20 Å². The molecule has 0 bridgehead atoms. The number of piperazine rings is 1. The van der Waals surface area contributed by atoms with E-state index in [4.69, 9.17) is 0 Å². The van der Waals surface area contributed by atoms with Crippen molar-refractivity contribution in [1.82, 2.24) is 20.2 Å². The van der Waals surface area contributed by atoms with E-state index in [-0.39, 0.29) is 0 Å². The average Bonchev–Trinajstić information content (AvgIpc) is 2.59. The summed E-state index contributed by atoms with van der Waals surface area (Å²) in [6.45, 7) is 3.92. The highest BCUT2D eigenvalue weighted by atomic mass is 15.1. The molecule has 0 saturated carbocycles. The summed E-state index contributed by atoms with van der Waals surface area (Å²) in [7, 11) is 0. The molecule has 1 aromatic rings. The molecule has 1 aliphatic heterocycles. The predicted molar refractivity (Wildman–Crippen MR) is 45.9 cm³/mol. The summed E-state index contributed by atoms with van der Waals surface area (Å²) >= 11 is 0. The lowest BCUT2D eigenvalue weighted by Crippen LogP contribution is -2.45. The molecule has 1 aromatic heterocycles. The second-order valence-corrected chi connectivity index (χ2v) is 3.02. The number of hydrogen-bond donors (Lipinski definition) is 1. The molecular formula is C8H13N4. The molecule has 1 unspecified atom stereocenters. The van der Waals surface area contributed by atoms with E-state index in [0.29, 0.717) is 6.04 Å². The van der Waals surface area contributed by atoms with Gasteiger partial charge in [-0.15, -0.1) is 0 Å². The zero-order valence-electron chi connectivity index (χ0n) is 6.98. The maximum absolute atomic E-state index is 4.49. The molecular weight excluding hydrogens is 152 g/mol. The quantitative estimate of drug-likeness (QED) is 0.639. The standard InChI is InChI=1S/C8H13N4/c1-2-11-8(5-9-1)6-12-4-3-10-7-12/h3-4,7-9H,1-2,5-6H2. The Kier molecular flexibility index (Phi) is 2.39. The van der Waals surface area contributed by atoms with Crippen LogP contribution in [0.25, 0.3) is 0 Å². The Labute approximate surface area is 72.0 Å². The Morgan fingerprint density at radius 1 is 1.58 bits per heavy atom. The SMILES string of the molecule is c1cn(CC2CNCC[N]2)cn1. The molecule has 0 spiro atoms. The van der Waals surface area contributed by atoms with Crippen LogP contribution in [0, 0.1) is 0 Å². The molecule has 1 aliphatic rings. The van der Waals surface area contributed by atoms with E-state index in [1.165, 1.54) is 0 Å². The molecule has 1 radical (unpaired) electrons. The van der Waals surface area contributed by atoms with Crippen molar-refractivity contribution in [1.29, 1.82) is 0 Å². The lowest BCUT2D eigenvalue weighted by molar-refractivity contribution is 0.372. The van der Waals surface area contributed by atoms with Gasteiger partial charge in [0.25, 0.3) is 0 Å². The number of rotatable bonds is 2. The van der Waals surface area contributed by atoms with Gasteiger partial charge in [-0.1, -0.05) is 0 Å². The molecule has 1 N–H and O–H groups in total. The van der Waals surface area contributed by atoms with Crippen LogP contribution in [0.5, 0.6) is 0 Å². The van der Waals surface area contributed by atoms with Crippen molar-refractivity contribution in [2.45, 2.75) is 12.6 Å². The summed E-state index contributed by atoms with van der Waals surface area (Å²) in [6, 6.07) is 0.424. The van der Waals surface area contributed by atoms with Gasteiger partial charge >= 0.3 is 0 Å². The second kappa shape index (κ2) is 3.69. The fraction of sp³-hybridized carbons (Fsp3) is 0.625. The highest BCUT2D eigenvalue weighted by Gasteiger charge is 2.12. The summed E-state index contributed by atoms with van der Waals surface area (Å²) in [4.78, 5) is 3.99. The molecule has 0 aliphatic carbocycles.